The fraction of sp³-hybridized carbons (Fsp3) is 0.154. The molecule has 0 aliphatic carbocycles. The number of thiocarbonyl (C=S) groups is 1. The largest absolute Gasteiger partial charge is 0.550 e. The van der Waals surface area contributed by atoms with E-state index >= 15 is 0 Å². The van der Waals surface area contributed by atoms with Gasteiger partial charge in [0, 0.05) is 18.9 Å². The first-order valence-electron chi connectivity index (χ1n) is 5.79. The van der Waals surface area contributed by atoms with Gasteiger partial charge in [0.1, 0.15) is 4.32 Å². The van der Waals surface area contributed by atoms with Crippen LogP contribution in [0.2, 0.25) is 10.0 Å². The second-order valence-electron chi connectivity index (χ2n) is 4.10. The number of carboxylic acids is 1. The van der Waals surface area contributed by atoms with E-state index in [1.54, 1.807) is 24.3 Å². The van der Waals surface area contributed by atoms with E-state index in [0.29, 0.717) is 24.8 Å². The van der Waals surface area contributed by atoms with Gasteiger partial charge in [-0.15, -0.1) is 0 Å². The Balaban J connectivity index is 2.24. The van der Waals surface area contributed by atoms with Gasteiger partial charge in [0.2, 0.25) is 0 Å². The molecule has 1 aliphatic rings. The molecule has 110 valence electrons. The van der Waals surface area contributed by atoms with Crippen LogP contribution in [-0.4, -0.2) is 27.6 Å². The molecule has 1 aliphatic heterocycles. The Labute approximate surface area is 140 Å². The fourth-order valence-electron chi connectivity index (χ4n) is 1.67. The number of amides is 1. The molecule has 4 nitrogen and oxygen atoms in total. The van der Waals surface area contributed by atoms with E-state index in [1.165, 1.54) is 4.90 Å². The van der Waals surface area contributed by atoms with Gasteiger partial charge in [-0.2, -0.15) is 0 Å². The molecule has 21 heavy (non-hydrogen) atoms. The highest BCUT2D eigenvalue weighted by Gasteiger charge is 2.31. The summed E-state index contributed by atoms with van der Waals surface area (Å²) in [7, 11) is 0. The third-order valence-corrected chi connectivity index (χ3v) is 4.89. The average Bonchev–Trinajstić information content (AvgIpc) is 2.68. The van der Waals surface area contributed by atoms with E-state index < -0.39 is 5.97 Å². The van der Waals surface area contributed by atoms with Crippen molar-refractivity contribution < 1.29 is 14.7 Å². The van der Waals surface area contributed by atoms with Crippen LogP contribution < -0.4 is 5.11 Å². The lowest BCUT2D eigenvalue weighted by Gasteiger charge is -2.14. The molecule has 0 aromatic heterocycles. The van der Waals surface area contributed by atoms with E-state index in [0.717, 1.165) is 11.8 Å². The summed E-state index contributed by atoms with van der Waals surface area (Å²) in [6.45, 7) is -0.00633. The summed E-state index contributed by atoms with van der Waals surface area (Å²) in [6.07, 6.45) is 1.32. The third-order valence-electron chi connectivity index (χ3n) is 2.68. The minimum absolute atomic E-state index is 0.00633. The van der Waals surface area contributed by atoms with Crippen LogP contribution in [0.4, 0.5) is 0 Å². The molecule has 1 saturated heterocycles. The van der Waals surface area contributed by atoms with Crippen molar-refractivity contribution in [3.05, 3.63) is 38.7 Å². The van der Waals surface area contributed by atoms with Gasteiger partial charge in [0.05, 0.1) is 15.0 Å². The van der Waals surface area contributed by atoms with Crippen molar-refractivity contribution in [1.82, 2.24) is 4.90 Å². The number of hydrogen-bond donors (Lipinski definition) is 0. The minimum Gasteiger partial charge on any atom is -0.550 e. The van der Waals surface area contributed by atoms with Gasteiger partial charge in [-0.05, 0) is 17.7 Å². The smallest absolute Gasteiger partial charge is 0.266 e. The molecule has 0 spiro atoms. The molecule has 1 heterocycles. The lowest BCUT2D eigenvalue weighted by molar-refractivity contribution is -0.305. The molecule has 8 heteroatoms. The summed E-state index contributed by atoms with van der Waals surface area (Å²) in [5.41, 5.74) is 0.601. The zero-order valence-corrected chi connectivity index (χ0v) is 13.6. The molecule has 0 atom stereocenters. The molecule has 2 rings (SSSR count). The maximum atomic E-state index is 12.2. The Bertz CT molecular complexity index is 661. The van der Waals surface area contributed by atoms with Crippen molar-refractivity contribution >= 4 is 69.5 Å². The summed E-state index contributed by atoms with van der Waals surface area (Å²) in [5.74, 6) is -1.58. The number of nitrogens with zero attached hydrogens (tertiary/aromatic N) is 1. The topological polar surface area (TPSA) is 60.4 Å². The second kappa shape index (κ2) is 6.79. The normalized spacial score (nSPS) is 16.9. The van der Waals surface area contributed by atoms with Crippen LogP contribution in [0.1, 0.15) is 12.0 Å². The van der Waals surface area contributed by atoms with Gasteiger partial charge in [0.25, 0.3) is 5.91 Å². The summed E-state index contributed by atoms with van der Waals surface area (Å²) in [5, 5.41) is 11.2. The zero-order valence-electron chi connectivity index (χ0n) is 10.5. The first kappa shape index (κ1) is 16.3. The highest BCUT2D eigenvalue weighted by molar-refractivity contribution is 8.26. The predicted molar refractivity (Wildman–Crippen MR) is 86.0 cm³/mol. The van der Waals surface area contributed by atoms with Crippen molar-refractivity contribution in [1.29, 1.82) is 0 Å². The maximum absolute atomic E-state index is 12.2. The Morgan fingerprint density at radius 3 is 2.81 bits per heavy atom. The molecule has 1 aromatic rings. The molecule has 0 bridgehead atoms. The lowest BCUT2D eigenvalue weighted by Crippen LogP contribution is -2.33. The number of halogens is 2. The van der Waals surface area contributed by atoms with Gasteiger partial charge in [-0.25, -0.2) is 0 Å². The van der Waals surface area contributed by atoms with E-state index in [2.05, 4.69) is 0 Å². The number of hydrogen-bond acceptors (Lipinski definition) is 5. The van der Waals surface area contributed by atoms with Crippen LogP contribution in [0.25, 0.3) is 6.08 Å². The summed E-state index contributed by atoms with van der Waals surface area (Å²) in [4.78, 5) is 24.3. The molecule has 1 aromatic carbocycles. The lowest BCUT2D eigenvalue weighted by atomic mass is 10.2. The van der Waals surface area contributed by atoms with E-state index in [-0.39, 0.29) is 18.9 Å². The number of rotatable bonds is 4. The van der Waals surface area contributed by atoms with Crippen LogP contribution in [0, 0.1) is 0 Å². The summed E-state index contributed by atoms with van der Waals surface area (Å²) >= 11 is 18.2. The number of aliphatic carboxylic acids is 1. The monoisotopic (exact) mass is 360 g/mol. The quantitative estimate of drug-likeness (QED) is 0.609. The zero-order chi connectivity index (χ0) is 15.6. The Morgan fingerprint density at radius 2 is 2.14 bits per heavy atom. The van der Waals surface area contributed by atoms with Gasteiger partial charge >= 0.3 is 0 Å². The number of carboxylic acid groups (broad SMARTS) is 1. The van der Waals surface area contributed by atoms with E-state index in [1.807, 2.05) is 0 Å². The molecule has 0 radical (unpaired) electrons. The highest BCUT2D eigenvalue weighted by Crippen LogP contribution is 2.35. The molecule has 1 fully saturated rings. The minimum atomic E-state index is -1.23. The Morgan fingerprint density at radius 1 is 1.43 bits per heavy atom. The second-order valence-corrected chi connectivity index (χ2v) is 6.56. The van der Waals surface area contributed by atoms with Crippen molar-refractivity contribution in [3.63, 3.8) is 0 Å². The fourth-order valence-corrected chi connectivity index (χ4v) is 3.33. The predicted octanol–water partition coefficient (Wildman–Crippen LogP) is 2.33. The van der Waals surface area contributed by atoms with Crippen LogP contribution in [-0.2, 0) is 9.59 Å². The molecule has 1 amide bonds. The number of carbonyl (C=O) groups is 2. The van der Waals surface area contributed by atoms with Crippen molar-refractivity contribution in [2.75, 3.05) is 6.54 Å². The number of benzene rings is 1. The molecule has 0 saturated carbocycles. The molecule has 0 N–H and O–H groups in total. The van der Waals surface area contributed by atoms with Crippen molar-refractivity contribution in [2.45, 2.75) is 6.42 Å². The molecular formula is C13H8Cl2NO3S2-. The Kier molecular flexibility index (Phi) is 5.27. The summed E-state index contributed by atoms with van der Waals surface area (Å²) in [6, 6.07) is 5.09. The molecule has 0 unspecified atom stereocenters. The maximum Gasteiger partial charge on any atom is 0.266 e. The van der Waals surface area contributed by atoms with Crippen LogP contribution in [0.5, 0.6) is 0 Å². The van der Waals surface area contributed by atoms with Gasteiger partial charge in [0.15, 0.2) is 0 Å². The van der Waals surface area contributed by atoms with Crippen molar-refractivity contribution in [3.8, 4) is 0 Å². The first-order chi connectivity index (χ1) is 9.90. The van der Waals surface area contributed by atoms with Gasteiger partial charge in [-0.1, -0.05) is 59.3 Å². The van der Waals surface area contributed by atoms with Crippen LogP contribution in [0.15, 0.2) is 23.1 Å². The van der Waals surface area contributed by atoms with Crippen molar-refractivity contribution in [2.24, 2.45) is 0 Å². The number of thioether (sulfide) groups is 1. The van der Waals surface area contributed by atoms with E-state index in [9.17, 15) is 14.7 Å². The van der Waals surface area contributed by atoms with E-state index in [4.69, 9.17) is 35.4 Å². The number of carbonyl (C=O) groups excluding carboxylic acids is 2. The first-order valence-corrected chi connectivity index (χ1v) is 7.77. The third kappa shape index (κ3) is 3.77. The standard InChI is InChI=1S/C13H9Cl2NO3S2/c14-8-3-1-2-7(11(8)15)6-9-12(19)16(13(20)21-9)5-4-10(17)18/h1-3,6H,4-5H2,(H,17,18)/p-1/b9-6-. The van der Waals surface area contributed by atoms with Gasteiger partial charge in [-0.3, -0.25) is 9.69 Å². The molecular weight excluding hydrogens is 353 g/mol. The average molecular weight is 361 g/mol. The SMILES string of the molecule is O=C([O-])CCN1C(=O)/C(=C/c2cccc(Cl)c2Cl)SC1=S. The van der Waals surface area contributed by atoms with Crippen LogP contribution >= 0.6 is 47.2 Å². The summed E-state index contributed by atoms with van der Waals surface area (Å²) < 4.78 is 0.311. The highest BCUT2D eigenvalue weighted by atomic mass is 35.5. The van der Waals surface area contributed by atoms with Crippen LogP contribution in [0.3, 0.4) is 0 Å². The Hall–Kier alpha value is -1.08. The van der Waals surface area contributed by atoms with Gasteiger partial charge < -0.3 is 9.90 Å².